The lowest BCUT2D eigenvalue weighted by molar-refractivity contribution is -0.137. The molecule has 4 aromatic heterocycles. The average molecular weight is 1220 g/mol. The number of aromatic nitrogens is 4. The first kappa shape index (κ1) is 58.5. The van der Waals surface area contributed by atoms with Gasteiger partial charge in [-0.25, -0.2) is 0 Å². The van der Waals surface area contributed by atoms with E-state index in [4.69, 9.17) is 0 Å². The maximum Gasteiger partial charge on any atom is 0.418 e. The van der Waals surface area contributed by atoms with E-state index in [1.54, 1.807) is 28.8 Å². The molecule has 4 heterocycles. The average Bonchev–Trinajstić information content (AvgIpc) is 1.57. The second-order valence-corrected chi connectivity index (χ2v) is 24.9. The minimum absolute atomic E-state index is 0.0430. The van der Waals surface area contributed by atoms with Gasteiger partial charge in [0.05, 0.1) is 101 Å². The van der Waals surface area contributed by atoms with Crippen molar-refractivity contribution < 1.29 is 13.2 Å². The van der Waals surface area contributed by atoms with Crippen LogP contribution in [0.3, 0.4) is 0 Å². The predicted molar refractivity (Wildman–Crippen MR) is 378 cm³/mol. The lowest BCUT2D eigenvalue weighted by Crippen LogP contribution is -2.14. The van der Waals surface area contributed by atoms with Gasteiger partial charge in [-0.1, -0.05) is 170 Å². The SMILES string of the molecule is Cc1cccc2c3cccc(C)c3n(-c3cc(-c4cccc(C#N)c4)c(-n4c5c(C)cccc5c5cccc(C)c54)cc3C#N)c12.Cc1cccc2c3cccc(C)c3n(-c3cc(C(F)(F)F)c(-n4c5c(C)cccc5c5cccc(C)c54)cc3-c3cccc(C#N)c3)c12. The van der Waals surface area contributed by atoms with Crippen LogP contribution < -0.4 is 0 Å². The third kappa shape index (κ3) is 8.99. The molecular formula is C84H60F3N7. The summed E-state index contributed by atoms with van der Waals surface area (Å²) in [6.45, 7) is 16.4. The van der Waals surface area contributed by atoms with Gasteiger partial charge in [0.2, 0.25) is 0 Å². The summed E-state index contributed by atoms with van der Waals surface area (Å²) in [6, 6.07) is 78.7. The number of hydrogen-bond donors (Lipinski definition) is 0. The van der Waals surface area contributed by atoms with Gasteiger partial charge >= 0.3 is 6.18 Å². The number of benzene rings is 12. The highest BCUT2D eigenvalue weighted by atomic mass is 19.4. The molecule has 94 heavy (non-hydrogen) atoms. The molecule has 0 radical (unpaired) electrons. The standard InChI is InChI=1S/C42H30F3N3.C42H30N4/c1-24-10-5-16-30-31-17-6-11-25(2)39(31)47(38(24)30)36-22-35(42(43,44)45)37(21-34(36)29-15-9-14-28(20-29)23-46)48-40-26(3)12-7-18-32(40)33-19-8-13-27(4)41(33)48;1-25-10-5-16-32-33-17-6-11-26(2)40(33)45(39(25)32)37-22-36(30-15-9-14-29(20-30)23-43)38(21-31(37)24-44)46-41-27(3)12-7-18-34(41)35-19-8-13-28(4)42(35)46/h5-22H,1-4H3;5-22H,1-4H3. The van der Waals surface area contributed by atoms with E-state index in [2.05, 4.69) is 146 Å². The van der Waals surface area contributed by atoms with Crippen LogP contribution in [-0.4, -0.2) is 18.3 Å². The molecule has 0 fully saturated rings. The van der Waals surface area contributed by atoms with Crippen LogP contribution >= 0.6 is 0 Å². The monoisotopic (exact) mass is 1220 g/mol. The third-order valence-corrected chi connectivity index (χ3v) is 19.1. The summed E-state index contributed by atoms with van der Waals surface area (Å²) in [5.74, 6) is 0. The van der Waals surface area contributed by atoms with Crippen molar-refractivity contribution in [3.05, 3.63) is 285 Å². The molecule has 0 N–H and O–H groups in total. The quantitative estimate of drug-likeness (QED) is 0.166. The molecule has 0 bridgehead atoms. The topological polar surface area (TPSA) is 91.1 Å². The minimum Gasteiger partial charge on any atom is -0.308 e. The van der Waals surface area contributed by atoms with Gasteiger partial charge in [0.1, 0.15) is 6.07 Å². The number of halogens is 3. The maximum atomic E-state index is 15.6. The molecule has 0 amide bonds. The highest BCUT2D eigenvalue weighted by Gasteiger charge is 2.37. The molecule has 12 aromatic carbocycles. The van der Waals surface area contributed by atoms with Crippen LogP contribution in [0.2, 0.25) is 0 Å². The Labute approximate surface area is 541 Å². The Bertz CT molecular complexity index is 5820. The first-order valence-corrected chi connectivity index (χ1v) is 31.3. The molecule has 0 aliphatic carbocycles. The largest absolute Gasteiger partial charge is 0.418 e. The Hall–Kier alpha value is -11.9. The fourth-order valence-electron chi connectivity index (χ4n) is 15.0. The van der Waals surface area contributed by atoms with E-state index in [-0.39, 0.29) is 5.69 Å². The van der Waals surface area contributed by atoms with Crippen molar-refractivity contribution in [2.45, 2.75) is 61.6 Å². The Balaban J connectivity index is 0.000000155. The van der Waals surface area contributed by atoms with Gasteiger partial charge in [-0.05, 0) is 160 Å². The summed E-state index contributed by atoms with van der Waals surface area (Å²) in [7, 11) is 0. The zero-order valence-corrected chi connectivity index (χ0v) is 53.0. The molecule has 10 heteroatoms. The molecule has 16 rings (SSSR count). The molecule has 7 nitrogen and oxygen atoms in total. The number of rotatable bonds is 6. The number of nitriles is 3. The van der Waals surface area contributed by atoms with E-state index >= 15 is 13.2 Å². The van der Waals surface area contributed by atoms with Crippen molar-refractivity contribution in [3.63, 3.8) is 0 Å². The smallest absolute Gasteiger partial charge is 0.308 e. The number of fused-ring (bicyclic) bond motifs is 12. The van der Waals surface area contributed by atoms with E-state index in [0.29, 0.717) is 33.5 Å². The van der Waals surface area contributed by atoms with Crippen LogP contribution in [0.15, 0.2) is 218 Å². The maximum absolute atomic E-state index is 15.6. The van der Waals surface area contributed by atoms with Gasteiger partial charge in [-0.3, -0.25) is 0 Å². The molecule has 0 saturated heterocycles. The second kappa shape index (κ2) is 22.2. The zero-order valence-electron chi connectivity index (χ0n) is 53.0. The highest BCUT2D eigenvalue weighted by Crippen LogP contribution is 2.48. The van der Waals surface area contributed by atoms with Gasteiger partial charge in [0.25, 0.3) is 0 Å². The Morgan fingerprint density at radius 1 is 0.277 bits per heavy atom. The molecule has 0 aliphatic rings. The first-order valence-electron chi connectivity index (χ1n) is 31.3. The molecule has 0 spiro atoms. The summed E-state index contributed by atoms with van der Waals surface area (Å²) >= 11 is 0. The summed E-state index contributed by atoms with van der Waals surface area (Å²) < 4.78 is 55.3. The van der Waals surface area contributed by atoms with Gasteiger partial charge in [-0.2, -0.15) is 29.0 Å². The van der Waals surface area contributed by atoms with Crippen molar-refractivity contribution in [2.24, 2.45) is 0 Å². The zero-order chi connectivity index (χ0) is 65.2. The van der Waals surface area contributed by atoms with E-state index in [1.807, 2.05) is 129 Å². The van der Waals surface area contributed by atoms with Crippen molar-refractivity contribution in [1.29, 1.82) is 15.8 Å². The summed E-state index contributed by atoms with van der Waals surface area (Å²) in [4.78, 5) is 0. The first-order chi connectivity index (χ1) is 45.5. The fourth-order valence-corrected chi connectivity index (χ4v) is 15.0. The van der Waals surface area contributed by atoms with Crippen LogP contribution in [0.25, 0.3) is 132 Å². The number of hydrogen-bond acceptors (Lipinski definition) is 3. The molecule has 0 aliphatic heterocycles. The summed E-state index contributed by atoms with van der Waals surface area (Å²) in [5.41, 5.74) is 22.0. The molecule has 0 unspecified atom stereocenters. The third-order valence-electron chi connectivity index (χ3n) is 19.1. The van der Waals surface area contributed by atoms with Gasteiger partial charge in [-0.15, -0.1) is 0 Å². The number of alkyl halides is 3. The lowest BCUT2D eigenvalue weighted by Gasteiger charge is -2.23. The summed E-state index contributed by atoms with van der Waals surface area (Å²) in [5, 5.41) is 39.0. The number of nitrogens with zero attached hydrogens (tertiary/aromatic N) is 7. The van der Waals surface area contributed by atoms with Crippen LogP contribution in [0.4, 0.5) is 13.2 Å². The van der Waals surface area contributed by atoms with E-state index in [9.17, 15) is 15.8 Å². The van der Waals surface area contributed by atoms with Gasteiger partial charge in [0.15, 0.2) is 0 Å². The van der Waals surface area contributed by atoms with Gasteiger partial charge in [0, 0.05) is 54.2 Å². The Kier molecular flexibility index (Phi) is 13.8. The predicted octanol–water partition coefficient (Wildman–Crippen LogP) is 22.2. The second-order valence-electron chi connectivity index (χ2n) is 24.9. The summed E-state index contributed by atoms with van der Waals surface area (Å²) in [6.07, 6.45) is -4.69. The van der Waals surface area contributed by atoms with Crippen LogP contribution in [0.5, 0.6) is 0 Å². The van der Waals surface area contributed by atoms with Crippen molar-refractivity contribution in [3.8, 4) is 63.2 Å². The normalized spacial score (nSPS) is 11.7. The molecule has 0 saturated carbocycles. The van der Waals surface area contributed by atoms with Crippen molar-refractivity contribution >= 4 is 87.2 Å². The molecule has 452 valence electrons. The van der Waals surface area contributed by atoms with E-state index in [1.165, 1.54) is 16.8 Å². The van der Waals surface area contributed by atoms with Crippen LogP contribution in [-0.2, 0) is 6.18 Å². The minimum atomic E-state index is -4.69. The van der Waals surface area contributed by atoms with Crippen molar-refractivity contribution in [2.75, 3.05) is 0 Å². The lowest BCUT2D eigenvalue weighted by atomic mass is 9.97. The molecule has 16 aromatic rings. The number of aryl methyl sites for hydroxylation is 8. The van der Waals surface area contributed by atoms with Crippen molar-refractivity contribution in [1.82, 2.24) is 18.3 Å². The fraction of sp³-hybridized carbons (Fsp3) is 0.107. The molecular weight excluding hydrogens is 1160 g/mol. The Morgan fingerprint density at radius 2 is 0.532 bits per heavy atom. The Morgan fingerprint density at radius 3 is 0.809 bits per heavy atom. The van der Waals surface area contributed by atoms with Crippen LogP contribution in [0.1, 0.15) is 66.8 Å². The van der Waals surface area contributed by atoms with E-state index in [0.717, 1.165) is 143 Å². The van der Waals surface area contributed by atoms with E-state index < -0.39 is 11.7 Å². The number of para-hydroxylation sites is 8. The van der Waals surface area contributed by atoms with Gasteiger partial charge < -0.3 is 18.3 Å². The van der Waals surface area contributed by atoms with Crippen LogP contribution in [0, 0.1) is 89.4 Å². The highest BCUT2D eigenvalue weighted by molar-refractivity contribution is 6.15. The molecule has 0 atom stereocenters.